The van der Waals surface area contributed by atoms with Crippen LogP contribution >= 0.6 is 7.82 Å². The smallest absolute Gasteiger partial charge is 0.462 e. The Morgan fingerprint density at radius 2 is 0.750 bits per heavy atom. The average Bonchev–Trinajstić information content (AvgIpc) is 3.37. The Morgan fingerprint density at radius 1 is 0.403 bits per heavy atom. The molecule has 0 radical (unpaired) electrons. The van der Waals surface area contributed by atoms with E-state index in [0.29, 0.717) is 19.3 Å². The number of phosphoric acid groups is 1. The third kappa shape index (κ3) is 51.6. The van der Waals surface area contributed by atoms with Gasteiger partial charge in [0, 0.05) is 19.3 Å². The van der Waals surface area contributed by atoms with E-state index in [2.05, 4.69) is 106 Å². The number of hydrogen-bond donors (Lipinski definition) is 2. The summed E-state index contributed by atoms with van der Waals surface area (Å²) in [6, 6.07) is 0. The van der Waals surface area contributed by atoms with E-state index < -0.39 is 57.8 Å². The maximum Gasteiger partial charge on any atom is 0.472 e. The van der Waals surface area contributed by atoms with Gasteiger partial charge in [0.1, 0.15) is 12.7 Å². The molecule has 12 heteroatoms. The summed E-state index contributed by atoms with van der Waals surface area (Å²) in [5, 5.41) is 9.80. The van der Waals surface area contributed by atoms with Gasteiger partial charge in [0.2, 0.25) is 0 Å². The SMILES string of the molecule is CC/C=C\C/C=C\C/C=C\C/C=C\CCCCCCCCC(=O)OC(COC(=O)CCCCCCC/C=C\CCCCCC)COP(=O)(O)OCC(CO)OC(=O)CCCCCCC/C=C\C/C=C\CCC. The molecule has 3 atom stereocenters. The van der Waals surface area contributed by atoms with Crippen LogP contribution in [0.3, 0.4) is 0 Å². The molecule has 11 nitrogen and oxygen atoms in total. The highest BCUT2D eigenvalue weighted by atomic mass is 31.2. The summed E-state index contributed by atoms with van der Waals surface area (Å²) in [7, 11) is -4.76. The van der Waals surface area contributed by atoms with Crippen molar-refractivity contribution in [3.8, 4) is 0 Å². The number of phosphoric ester groups is 1. The molecule has 0 spiro atoms. The molecule has 3 unspecified atom stereocenters. The van der Waals surface area contributed by atoms with E-state index in [1.807, 2.05) is 0 Å². The fraction of sp³-hybridized carbons (Fsp3) is 0.717. The third-order valence-electron chi connectivity index (χ3n) is 11.8. The van der Waals surface area contributed by atoms with Crippen LogP contribution in [0.5, 0.6) is 0 Å². The molecule has 2 N–H and O–H groups in total. The first-order chi connectivity index (χ1) is 35.2. The van der Waals surface area contributed by atoms with E-state index in [9.17, 15) is 28.9 Å². The van der Waals surface area contributed by atoms with Gasteiger partial charge in [0.25, 0.3) is 0 Å². The number of ether oxygens (including phenoxy) is 3. The largest absolute Gasteiger partial charge is 0.472 e. The molecule has 0 aliphatic carbocycles. The van der Waals surface area contributed by atoms with Crippen molar-refractivity contribution in [1.82, 2.24) is 0 Å². The van der Waals surface area contributed by atoms with E-state index in [0.717, 1.165) is 154 Å². The molecule has 0 aromatic rings. The van der Waals surface area contributed by atoms with Crippen LogP contribution in [-0.2, 0) is 42.2 Å². The van der Waals surface area contributed by atoms with E-state index in [4.69, 9.17) is 23.3 Å². The van der Waals surface area contributed by atoms with Crippen LogP contribution in [0.2, 0.25) is 0 Å². The quantitative estimate of drug-likeness (QED) is 0.0197. The highest BCUT2D eigenvalue weighted by Crippen LogP contribution is 2.43. The van der Waals surface area contributed by atoms with Gasteiger partial charge in [-0.3, -0.25) is 23.4 Å². The van der Waals surface area contributed by atoms with Gasteiger partial charge in [0.15, 0.2) is 6.10 Å². The van der Waals surface area contributed by atoms with E-state index in [1.165, 1.54) is 25.7 Å². The number of allylic oxidation sites excluding steroid dienone is 14. The van der Waals surface area contributed by atoms with Gasteiger partial charge in [-0.1, -0.05) is 196 Å². The number of aliphatic hydroxyl groups is 1. The fourth-order valence-electron chi connectivity index (χ4n) is 7.44. The van der Waals surface area contributed by atoms with Crippen molar-refractivity contribution in [1.29, 1.82) is 0 Å². The second-order valence-electron chi connectivity index (χ2n) is 18.7. The number of carbonyl (C=O) groups is 3. The molecule has 0 aromatic heterocycles. The second-order valence-corrected chi connectivity index (χ2v) is 20.2. The lowest BCUT2D eigenvalue weighted by molar-refractivity contribution is -0.161. The van der Waals surface area contributed by atoms with Gasteiger partial charge in [-0.25, -0.2) is 4.57 Å². The topological polar surface area (TPSA) is 155 Å². The minimum atomic E-state index is -4.76. The number of esters is 3. The molecule has 0 aliphatic heterocycles. The average molecular weight is 1030 g/mol. The van der Waals surface area contributed by atoms with Crippen LogP contribution in [0.4, 0.5) is 0 Å². The maximum absolute atomic E-state index is 12.9. The summed E-state index contributed by atoms with van der Waals surface area (Å²) in [6.07, 6.45) is 61.1. The Balaban J connectivity index is 4.77. The van der Waals surface area contributed by atoms with Gasteiger partial charge in [-0.15, -0.1) is 0 Å². The molecule has 0 fully saturated rings. The molecule has 0 amide bonds. The van der Waals surface area contributed by atoms with Gasteiger partial charge < -0.3 is 24.2 Å². The summed E-state index contributed by atoms with van der Waals surface area (Å²) in [5.41, 5.74) is 0. The van der Waals surface area contributed by atoms with Crippen LogP contribution in [0.1, 0.15) is 239 Å². The van der Waals surface area contributed by atoms with Crippen LogP contribution in [0.15, 0.2) is 85.1 Å². The molecule has 0 aliphatic rings. The van der Waals surface area contributed by atoms with Gasteiger partial charge in [-0.2, -0.15) is 0 Å². The van der Waals surface area contributed by atoms with Crippen molar-refractivity contribution in [2.24, 2.45) is 0 Å². The first-order valence-corrected chi connectivity index (χ1v) is 30.0. The van der Waals surface area contributed by atoms with Crippen molar-refractivity contribution in [2.75, 3.05) is 26.4 Å². The number of carbonyl (C=O) groups excluding carboxylic acids is 3. The molecule has 414 valence electrons. The number of unbranched alkanes of at least 4 members (excludes halogenated alkanes) is 21. The predicted octanol–water partition coefficient (Wildman–Crippen LogP) is 16.7. The number of hydrogen-bond acceptors (Lipinski definition) is 10. The van der Waals surface area contributed by atoms with Crippen LogP contribution in [-0.4, -0.2) is 66.5 Å². The van der Waals surface area contributed by atoms with Crippen molar-refractivity contribution in [2.45, 2.75) is 251 Å². The molecule has 0 rings (SSSR count). The Hall–Kier alpha value is -3.34. The molecule has 0 aromatic carbocycles. The monoisotopic (exact) mass is 1030 g/mol. The minimum Gasteiger partial charge on any atom is -0.462 e. The fourth-order valence-corrected chi connectivity index (χ4v) is 8.22. The Kier molecular flexibility index (Phi) is 51.4. The summed E-state index contributed by atoms with van der Waals surface area (Å²) >= 11 is 0. The highest BCUT2D eigenvalue weighted by molar-refractivity contribution is 7.47. The molecule has 72 heavy (non-hydrogen) atoms. The highest BCUT2D eigenvalue weighted by Gasteiger charge is 2.28. The first kappa shape index (κ1) is 68.7. The van der Waals surface area contributed by atoms with E-state index in [-0.39, 0.29) is 25.9 Å². The Morgan fingerprint density at radius 3 is 1.18 bits per heavy atom. The summed E-state index contributed by atoms with van der Waals surface area (Å²) < 4.78 is 39.5. The summed E-state index contributed by atoms with van der Waals surface area (Å²) in [6.45, 7) is 4.41. The zero-order valence-corrected chi connectivity index (χ0v) is 46.5. The van der Waals surface area contributed by atoms with E-state index in [1.54, 1.807) is 0 Å². The normalized spacial score (nSPS) is 14.0. The lowest BCUT2D eigenvalue weighted by atomic mass is 10.1. The first-order valence-electron chi connectivity index (χ1n) is 28.5. The second kappa shape index (κ2) is 53.9. The molecular formula is C60H103O11P. The molecule has 0 saturated carbocycles. The molecule has 0 bridgehead atoms. The lowest BCUT2D eigenvalue weighted by Gasteiger charge is -2.21. The van der Waals surface area contributed by atoms with Crippen LogP contribution < -0.4 is 0 Å². The van der Waals surface area contributed by atoms with E-state index >= 15 is 0 Å². The zero-order valence-electron chi connectivity index (χ0n) is 45.6. The van der Waals surface area contributed by atoms with Crippen LogP contribution in [0.25, 0.3) is 0 Å². The number of aliphatic hydroxyl groups excluding tert-OH is 1. The van der Waals surface area contributed by atoms with Crippen molar-refractivity contribution < 1.29 is 52.2 Å². The maximum atomic E-state index is 12.9. The van der Waals surface area contributed by atoms with Gasteiger partial charge in [0.05, 0.1) is 19.8 Å². The summed E-state index contributed by atoms with van der Waals surface area (Å²) in [4.78, 5) is 48.5. The predicted molar refractivity (Wildman–Crippen MR) is 298 cm³/mol. The van der Waals surface area contributed by atoms with Crippen LogP contribution in [0, 0.1) is 0 Å². The van der Waals surface area contributed by atoms with Crippen molar-refractivity contribution in [3.63, 3.8) is 0 Å². The standard InChI is InChI=1S/C60H103O11P/c1-4-7-10-13-16-19-22-25-26-27-28-29-30-33-36-39-42-45-48-51-60(64)71-57(53-67-58(62)49-46-43-40-37-34-31-23-20-17-14-11-8-5-2)55-69-72(65,66)68-54-56(52-61)70-59(63)50-47-44-41-38-35-32-24-21-18-15-12-9-6-3/h7,10,12,15-16,19-21,23-26,28-29,56-57,61H,4-6,8-9,11,13-14,17-18,22,27,30-55H2,1-3H3,(H,65,66)/b10-7-,15-12-,19-16-,23-20-,24-21-,26-25-,29-28-. The zero-order chi connectivity index (χ0) is 52.7. The molecular weight excluding hydrogens is 928 g/mol. The third-order valence-corrected chi connectivity index (χ3v) is 12.7. The lowest BCUT2D eigenvalue weighted by Crippen LogP contribution is -2.30. The Labute approximate surface area is 439 Å². The molecule has 0 heterocycles. The minimum absolute atomic E-state index is 0.146. The summed E-state index contributed by atoms with van der Waals surface area (Å²) in [5.74, 6) is -1.51. The van der Waals surface area contributed by atoms with Crippen molar-refractivity contribution >= 4 is 25.7 Å². The van der Waals surface area contributed by atoms with Crippen molar-refractivity contribution in [3.05, 3.63) is 85.1 Å². The number of rotatable bonds is 52. The van der Waals surface area contributed by atoms with Gasteiger partial charge in [-0.05, 0) is 109 Å². The van der Waals surface area contributed by atoms with Gasteiger partial charge >= 0.3 is 25.7 Å². The Bertz CT molecular complexity index is 1530. The molecule has 0 saturated heterocycles.